The molecule has 1 unspecified atom stereocenters. The predicted molar refractivity (Wildman–Crippen MR) is 81.9 cm³/mol. The van der Waals surface area contributed by atoms with Crippen molar-refractivity contribution in [3.8, 4) is 5.88 Å². The molecule has 0 aliphatic carbocycles. The van der Waals surface area contributed by atoms with E-state index >= 15 is 0 Å². The van der Waals surface area contributed by atoms with Gasteiger partial charge in [-0.3, -0.25) is 0 Å². The van der Waals surface area contributed by atoms with E-state index in [4.69, 9.17) is 4.74 Å². The summed E-state index contributed by atoms with van der Waals surface area (Å²) in [5, 5.41) is 0. The van der Waals surface area contributed by atoms with E-state index in [1.807, 2.05) is 6.92 Å². The van der Waals surface area contributed by atoms with Gasteiger partial charge >= 0.3 is 0 Å². The summed E-state index contributed by atoms with van der Waals surface area (Å²) in [6.07, 6.45) is 8.96. The van der Waals surface area contributed by atoms with Crippen LogP contribution in [-0.2, 0) is 0 Å². The molecule has 1 atom stereocenters. The number of hydrogen-bond acceptors (Lipinski definition) is 2. The Labute approximate surface area is 118 Å². The minimum absolute atomic E-state index is 0.606. The van der Waals surface area contributed by atoms with Crippen LogP contribution in [0.1, 0.15) is 76.0 Å². The number of pyridine rings is 1. The van der Waals surface area contributed by atoms with Crippen LogP contribution in [0.15, 0.2) is 12.1 Å². The smallest absolute Gasteiger partial charge is 0.216 e. The van der Waals surface area contributed by atoms with E-state index < -0.39 is 0 Å². The maximum Gasteiger partial charge on any atom is 0.216 e. The minimum Gasteiger partial charge on any atom is -0.481 e. The Morgan fingerprint density at radius 2 is 1.74 bits per heavy atom. The van der Waals surface area contributed by atoms with Crippen molar-refractivity contribution in [2.24, 2.45) is 0 Å². The number of aryl methyl sites for hydroxylation is 1. The van der Waals surface area contributed by atoms with Crippen molar-refractivity contribution in [1.29, 1.82) is 0 Å². The monoisotopic (exact) mass is 263 g/mol. The van der Waals surface area contributed by atoms with Crippen LogP contribution in [0.3, 0.4) is 0 Å². The quantitative estimate of drug-likeness (QED) is 0.567. The fraction of sp³-hybridized carbons (Fsp3) is 0.706. The summed E-state index contributed by atoms with van der Waals surface area (Å²) in [5.74, 6) is 1.44. The SMILES string of the molecule is CCCCCC(CCCC)c1ccc(C)nc1OC. The standard InChI is InChI=1S/C17H29NO/c1-5-7-9-11-15(10-8-6-2)16-13-12-14(3)18-17(16)19-4/h12-13,15H,5-11H2,1-4H3. The van der Waals surface area contributed by atoms with Gasteiger partial charge < -0.3 is 4.74 Å². The highest BCUT2D eigenvalue weighted by molar-refractivity contribution is 5.31. The highest BCUT2D eigenvalue weighted by atomic mass is 16.5. The molecule has 0 saturated heterocycles. The molecular weight excluding hydrogens is 234 g/mol. The van der Waals surface area contributed by atoms with Crippen LogP contribution in [0.25, 0.3) is 0 Å². The molecule has 0 saturated carbocycles. The molecule has 1 aromatic heterocycles. The van der Waals surface area contributed by atoms with Gasteiger partial charge in [0.2, 0.25) is 5.88 Å². The lowest BCUT2D eigenvalue weighted by Gasteiger charge is -2.19. The molecule has 0 fully saturated rings. The highest BCUT2D eigenvalue weighted by Crippen LogP contribution is 2.33. The molecule has 0 spiro atoms. The summed E-state index contributed by atoms with van der Waals surface area (Å²) in [5.41, 5.74) is 2.33. The summed E-state index contributed by atoms with van der Waals surface area (Å²) < 4.78 is 5.48. The summed E-state index contributed by atoms with van der Waals surface area (Å²) in [7, 11) is 1.73. The number of methoxy groups -OCH3 is 1. The van der Waals surface area contributed by atoms with E-state index in [2.05, 4.69) is 31.0 Å². The molecule has 2 nitrogen and oxygen atoms in total. The first-order chi connectivity index (χ1) is 9.22. The van der Waals surface area contributed by atoms with Crippen molar-refractivity contribution in [2.45, 2.75) is 71.6 Å². The molecule has 1 aromatic rings. The van der Waals surface area contributed by atoms with Gasteiger partial charge in [0.25, 0.3) is 0 Å². The Morgan fingerprint density at radius 1 is 1.05 bits per heavy atom. The molecule has 0 N–H and O–H groups in total. The van der Waals surface area contributed by atoms with Gasteiger partial charge in [0.1, 0.15) is 0 Å². The summed E-state index contributed by atoms with van der Waals surface area (Å²) >= 11 is 0. The van der Waals surface area contributed by atoms with Gasteiger partial charge in [0, 0.05) is 11.3 Å². The van der Waals surface area contributed by atoms with Crippen molar-refractivity contribution in [1.82, 2.24) is 4.98 Å². The maximum absolute atomic E-state index is 5.48. The van der Waals surface area contributed by atoms with Gasteiger partial charge in [-0.25, -0.2) is 4.98 Å². The molecule has 108 valence electrons. The average molecular weight is 263 g/mol. The zero-order chi connectivity index (χ0) is 14.1. The molecule has 2 heteroatoms. The topological polar surface area (TPSA) is 22.1 Å². The van der Waals surface area contributed by atoms with E-state index in [1.165, 1.54) is 50.5 Å². The Hall–Kier alpha value is -1.05. The summed E-state index contributed by atoms with van der Waals surface area (Å²) in [4.78, 5) is 4.53. The third-order valence-corrected chi connectivity index (χ3v) is 3.72. The Kier molecular flexibility index (Phi) is 7.54. The minimum atomic E-state index is 0.606. The summed E-state index contributed by atoms with van der Waals surface area (Å²) in [6.45, 7) is 6.53. The zero-order valence-corrected chi connectivity index (χ0v) is 13.0. The first kappa shape index (κ1) is 16.0. The van der Waals surface area contributed by atoms with E-state index in [9.17, 15) is 0 Å². The third-order valence-electron chi connectivity index (χ3n) is 3.72. The highest BCUT2D eigenvalue weighted by Gasteiger charge is 2.16. The molecule has 1 heterocycles. The molecule has 0 aliphatic rings. The molecule has 0 amide bonds. The number of ether oxygens (including phenoxy) is 1. The van der Waals surface area contributed by atoms with Crippen LogP contribution < -0.4 is 4.74 Å². The van der Waals surface area contributed by atoms with Crippen molar-refractivity contribution in [2.75, 3.05) is 7.11 Å². The fourth-order valence-electron chi connectivity index (χ4n) is 2.56. The van der Waals surface area contributed by atoms with E-state index in [-0.39, 0.29) is 0 Å². The van der Waals surface area contributed by atoms with Crippen LogP contribution in [0.2, 0.25) is 0 Å². The van der Waals surface area contributed by atoms with Gasteiger partial charge in [-0.05, 0) is 31.7 Å². The molecule has 0 bridgehead atoms. The molecule has 19 heavy (non-hydrogen) atoms. The van der Waals surface area contributed by atoms with E-state index in [0.717, 1.165) is 11.6 Å². The van der Waals surface area contributed by atoms with Gasteiger partial charge in [-0.2, -0.15) is 0 Å². The van der Waals surface area contributed by atoms with Crippen LogP contribution in [0, 0.1) is 6.92 Å². The lowest BCUT2D eigenvalue weighted by Crippen LogP contribution is -2.04. The number of rotatable bonds is 9. The first-order valence-corrected chi connectivity index (χ1v) is 7.74. The van der Waals surface area contributed by atoms with E-state index in [1.54, 1.807) is 7.11 Å². The van der Waals surface area contributed by atoms with Gasteiger partial charge in [0.15, 0.2) is 0 Å². The average Bonchev–Trinajstić information content (AvgIpc) is 2.43. The largest absolute Gasteiger partial charge is 0.481 e. The maximum atomic E-state index is 5.48. The Balaban J connectivity index is 2.82. The van der Waals surface area contributed by atoms with Crippen molar-refractivity contribution >= 4 is 0 Å². The van der Waals surface area contributed by atoms with Gasteiger partial charge in [-0.1, -0.05) is 52.0 Å². The number of aromatic nitrogens is 1. The zero-order valence-electron chi connectivity index (χ0n) is 13.0. The second kappa shape index (κ2) is 8.95. The Bertz CT molecular complexity index is 362. The van der Waals surface area contributed by atoms with Crippen molar-refractivity contribution in [3.05, 3.63) is 23.4 Å². The van der Waals surface area contributed by atoms with Gasteiger partial charge in [0.05, 0.1) is 7.11 Å². The Morgan fingerprint density at radius 3 is 2.37 bits per heavy atom. The van der Waals surface area contributed by atoms with Crippen LogP contribution >= 0.6 is 0 Å². The number of hydrogen-bond donors (Lipinski definition) is 0. The van der Waals surface area contributed by atoms with Crippen molar-refractivity contribution < 1.29 is 4.74 Å². The second-order valence-electron chi connectivity index (χ2n) is 5.39. The summed E-state index contributed by atoms with van der Waals surface area (Å²) in [6, 6.07) is 4.32. The van der Waals surface area contributed by atoms with Crippen molar-refractivity contribution in [3.63, 3.8) is 0 Å². The number of unbranched alkanes of at least 4 members (excludes halogenated alkanes) is 3. The predicted octanol–water partition coefficient (Wildman–Crippen LogP) is 5.25. The molecule has 0 radical (unpaired) electrons. The van der Waals surface area contributed by atoms with E-state index in [0.29, 0.717) is 5.92 Å². The first-order valence-electron chi connectivity index (χ1n) is 7.74. The van der Waals surface area contributed by atoms with Crippen LogP contribution in [0.5, 0.6) is 5.88 Å². The van der Waals surface area contributed by atoms with Gasteiger partial charge in [-0.15, -0.1) is 0 Å². The van der Waals surface area contributed by atoms with Crippen LogP contribution in [-0.4, -0.2) is 12.1 Å². The lowest BCUT2D eigenvalue weighted by atomic mass is 9.89. The molecular formula is C17H29NO. The fourth-order valence-corrected chi connectivity index (χ4v) is 2.56. The lowest BCUT2D eigenvalue weighted by molar-refractivity contribution is 0.381. The molecule has 1 rings (SSSR count). The normalized spacial score (nSPS) is 12.4. The molecule has 0 aliphatic heterocycles. The number of nitrogens with zero attached hydrogens (tertiary/aromatic N) is 1. The second-order valence-corrected chi connectivity index (χ2v) is 5.39. The van der Waals surface area contributed by atoms with Crippen LogP contribution in [0.4, 0.5) is 0 Å². The molecule has 0 aromatic carbocycles. The third kappa shape index (κ3) is 5.22.